The molecule has 0 aliphatic carbocycles. The molecule has 0 saturated carbocycles. The van der Waals surface area contributed by atoms with Gasteiger partial charge < -0.3 is 14.2 Å². The molecule has 0 rings (SSSR count). The summed E-state index contributed by atoms with van der Waals surface area (Å²) in [4.78, 5) is 37.9. The first-order chi connectivity index (χ1) is 35.5. The lowest BCUT2D eigenvalue weighted by Crippen LogP contribution is -2.30. The summed E-state index contributed by atoms with van der Waals surface area (Å²) >= 11 is 0. The first-order valence-electron chi connectivity index (χ1n) is 30.9. The van der Waals surface area contributed by atoms with Crippen molar-refractivity contribution < 1.29 is 28.6 Å². The predicted octanol–water partition coefficient (Wildman–Crippen LogP) is 20.9. The normalized spacial score (nSPS) is 12.5. The summed E-state index contributed by atoms with van der Waals surface area (Å²) in [6.45, 7) is 6.50. The molecule has 0 aromatic heterocycles. The molecule has 0 N–H and O–H groups in total. The highest BCUT2D eigenvalue weighted by Crippen LogP contribution is 2.17. The fraction of sp³-hybridized carbons (Fsp3) is 0.773. The van der Waals surface area contributed by atoms with Crippen LogP contribution in [0.5, 0.6) is 0 Å². The van der Waals surface area contributed by atoms with Gasteiger partial charge >= 0.3 is 17.9 Å². The monoisotopic (exact) mass is 1000 g/mol. The van der Waals surface area contributed by atoms with Gasteiger partial charge in [0.15, 0.2) is 6.10 Å². The lowest BCUT2D eigenvalue weighted by Gasteiger charge is -2.18. The van der Waals surface area contributed by atoms with Crippen molar-refractivity contribution in [3.05, 3.63) is 72.9 Å². The summed E-state index contributed by atoms with van der Waals surface area (Å²) in [6, 6.07) is 0. The third kappa shape index (κ3) is 57.7. The van der Waals surface area contributed by atoms with Gasteiger partial charge in [-0.1, -0.05) is 293 Å². The van der Waals surface area contributed by atoms with E-state index in [9.17, 15) is 14.4 Å². The van der Waals surface area contributed by atoms with Crippen LogP contribution in [0.15, 0.2) is 72.9 Å². The van der Waals surface area contributed by atoms with Gasteiger partial charge in [0, 0.05) is 19.3 Å². The second-order valence-electron chi connectivity index (χ2n) is 20.6. The molecule has 72 heavy (non-hydrogen) atoms. The summed E-state index contributed by atoms with van der Waals surface area (Å²) in [6.07, 6.45) is 78.0. The molecule has 6 nitrogen and oxygen atoms in total. The first kappa shape index (κ1) is 68.8. The number of hydrogen-bond donors (Lipinski definition) is 0. The second-order valence-corrected chi connectivity index (χ2v) is 20.6. The molecule has 0 radical (unpaired) electrons. The van der Waals surface area contributed by atoms with Crippen molar-refractivity contribution in [2.75, 3.05) is 13.2 Å². The number of carbonyl (C=O) groups excluding carboxylic acids is 3. The predicted molar refractivity (Wildman–Crippen MR) is 311 cm³/mol. The Morgan fingerprint density at radius 1 is 0.292 bits per heavy atom. The Morgan fingerprint density at radius 2 is 0.542 bits per heavy atom. The van der Waals surface area contributed by atoms with Gasteiger partial charge in [0.1, 0.15) is 13.2 Å². The maximum atomic E-state index is 12.8. The van der Waals surface area contributed by atoms with E-state index < -0.39 is 6.10 Å². The lowest BCUT2D eigenvalue weighted by molar-refractivity contribution is -0.167. The topological polar surface area (TPSA) is 78.9 Å². The third-order valence-corrected chi connectivity index (χ3v) is 13.5. The van der Waals surface area contributed by atoms with Crippen LogP contribution in [-0.4, -0.2) is 37.2 Å². The maximum absolute atomic E-state index is 12.8. The van der Waals surface area contributed by atoms with E-state index in [1.807, 2.05) is 0 Å². The highest BCUT2D eigenvalue weighted by molar-refractivity contribution is 5.71. The van der Waals surface area contributed by atoms with Crippen LogP contribution in [0.1, 0.15) is 310 Å². The van der Waals surface area contributed by atoms with Gasteiger partial charge in [-0.15, -0.1) is 0 Å². The Labute approximate surface area is 446 Å². The third-order valence-electron chi connectivity index (χ3n) is 13.5. The molecular weight excluding hydrogens is 889 g/mol. The Bertz CT molecular complexity index is 1340. The summed E-state index contributed by atoms with van der Waals surface area (Å²) in [5.74, 6) is -0.864. The molecule has 1 atom stereocenters. The van der Waals surface area contributed by atoms with E-state index in [2.05, 4.69) is 93.7 Å². The highest BCUT2D eigenvalue weighted by Gasteiger charge is 2.19. The fourth-order valence-corrected chi connectivity index (χ4v) is 8.86. The largest absolute Gasteiger partial charge is 0.462 e. The van der Waals surface area contributed by atoms with Crippen molar-refractivity contribution in [3.8, 4) is 0 Å². The second kappa shape index (κ2) is 60.4. The number of hydrogen-bond acceptors (Lipinski definition) is 6. The molecular formula is C66H116O6. The van der Waals surface area contributed by atoms with Crippen LogP contribution in [0.2, 0.25) is 0 Å². The fourth-order valence-electron chi connectivity index (χ4n) is 8.86. The zero-order valence-electron chi connectivity index (χ0n) is 47.7. The van der Waals surface area contributed by atoms with E-state index in [1.54, 1.807) is 0 Å². The Kier molecular flexibility index (Phi) is 57.8. The molecule has 0 aromatic carbocycles. The number of allylic oxidation sites excluding steroid dienone is 12. The maximum Gasteiger partial charge on any atom is 0.306 e. The molecule has 0 heterocycles. The van der Waals surface area contributed by atoms with Gasteiger partial charge in [0.25, 0.3) is 0 Å². The highest BCUT2D eigenvalue weighted by atomic mass is 16.6. The Hall–Kier alpha value is -3.15. The number of esters is 3. The van der Waals surface area contributed by atoms with Gasteiger partial charge in [-0.25, -0.2) is 0 Å². The minimum atomic E-state index is -0.766. The van der Waals surface area contributed by atoms with Gasteiger partial charge in [-0.3, -0.25) is 14.4 Å². The molecule has 0 aromatic rings. The van der Waals surface area contributed by atoms with Gasteiger partial charge in [-0.2, -0.15) is 0 Å². The van der Waals surface area contributed by atoms with Crippen molar-refractivity contribution >= 4 is 17.9 Å². The van der Waals surface area contributed by atoms with E-state index in [1.165, 1.54) is 173 Å². The molecule has 0 aliphatic heterocycles. The van der Waals surface area contributed by atoms with E-state index in [-0.39, 0.29) is 31.1 Å². The zero-order chi connectivity index (χ0) is 52.2. The number of carbonyl (C=O) groups is 3. The van der Waals surface area contributed by atoms with Crippen molar-refractivity contribution in [1.29, 1.82) is 0 Å². The molecule has 6 heteroatoms. The summed E-state index contributed by atoms with van der Waals surface area (Å²) in [5, 5.41) is 0. The molecule has 0 saturated heterocycles. The lowest BCUT2D eigenvalue weighted by atomic mass is 10.0. The summed E-state index contributed by atoms with van der Waals surface area (Å²) in [5.41, 5.74) is 0. The number of unbranched alkanes of at least 4 members (excludes halogenated alkanes) is 33. The quantitative estimate of drug-likeness (QED) is 0.0261. The molecule has 0 aliphatic rings. The number of ether oxygens (including phenoxy) is 3. The van der Waals surface area contributed by atoms with Crippen LogP contribution >= 0.6 is 0 Å². The van der Waals surface area contributed by atoms with Crippen LogP contribution in [0.25, 0.3) is 0 Å². The van der Waals surface area contributed by atoms with E-state index in [0.717, 1.165) is 96.3 Å². The Morgan fingerprint density at radius 3 is 0.847 bits per heavy atom. The van der Waals surface area contributed by atoms with Crippen LogP contribution in [-0.2, 0) is 28.6 Å². The molecule has 0 spiro atoms. The van der Waals surface area contributed by atoms with Crippen LogP contribution < -0.4 is 0 Å². The number of rotatable bonds is 56. The van der Waals surface area contributed by atoms with Crippen LogP contribution in [0.3, 0.4) is 0 Å². The molecule has 0 bridgehead atoms. The summed E-state index contributed by atoms with van der Waals surface area (Å²) in [7, 11) is 0. The van der Waals surface area contributed by atoms with E-state index >= 15 is 0 Å². The first-order valence-corrected chi connectivity index (χ1v) is 30.9. The average molecular weight is 1010 g/mol. The van der Waals surface area contributed by atoms with Crippen LogP contribution in [0, 0.1) is 0 Å². The van der Waals surface area contributed by atoms with Gasteiger partial charge in [0.2, 0.25) is 0 Å². The van der Waals surface area contributed by atoms with Crippen molar-refractivity contribution in [2.24, 2.45) is 0 Å². The minimum absolute atomic E-state index is 0.0693. The molecule has 0 fully saturated rings. The van der Waals surface area contributed by atoms with Gasteiger partial charge in [0.05, 0.1) is 0 Å². The van der Waals surface area contributed by atoms with Crippen LogP contribution in [0.4, 0.5) is 0 Å². The Balaban J connectivity index is 3.95. The van der Waals surface area contributed by atoms with E-state index in [4.69, 9.17) is 14.2 Å². The smallest absolute Gasteiger partial charge is 0.306 e. The van der Waals surface area contributed by atoms with Crippen molar-refractivity contribution in [3.63, 3.8) is 0 Å². The SMILES string of the molecule is CC/C=C\C/C=C\C/C=C\C/C=C\C/C=C\C/C=C\CCCCCCCCCCCCCCCCCCC(=O)OCC(COC(=O)CCCCCCCCC)OC(=O)CCCCCCCCCCCCCC. The summed E-state index contributed by atoms with van der Waals surface area (Å²) < 4.78 is 16.8. The van der Waals surface area contributed by atoms with Crippen molar-refractivity contribution in [2.45, 2.75) is 316 Å². The standard InChI is InChI=1S/C66H116O6/c1-4-7-10-13-16-18-20-22-23-24-25-26-27-28-29-30-31-32-33-34-35-36-37-38-39-40-41-42-43-44-46-47-50-53-56-59-65(68)71-62-63(61-70-64(67)58-55-52-49-15-12-9-6-3)72-66(69)60-57-54-51-48-45-21-19-17-14-11-8-5-2/h7,10,16,18,22-23,25-26,28-29,31-32,63H,4-6,8-9,11-15,17,19-21,24,27,30,33-62H2,1-3H3/b10-7-,18-16-,23-22-,26-25-,29-28-,32-31-. The van der Waals surface area contributed by atoms with Crippen molar-refractivity contribution in [1.82, 2.24) is 0 Å². The molecule has 416 valence electrons. The average Bonchev–Trinajstić information content (AvgIpc) is 3.38. The van der Waals surface area contributed by atoms with E-state index in [0.29, 0.717) is 19.3 Å². The molecule has 1 unspecified atom stereocenters. The molecule has 0 amide bonds. The van der Waals surface area contributed by atoms with Gasteiger partial charge in [-0.05, 0) is 70.6 Å². The zero-order valence-corrected chi connectivity index (χ0v) is 47.7. The minimum Gasteiger partial charge on any atom is -0.462 e.